The predicted octanol–water partition coefficient (Wildman–Crippen LogP) is 5.13. The number of hydrogen-bond donors (Lipinski definition) is 3. The molecule has 8 heteroatoms. The molecule has 7 nitrogen and oxygen atoms in total. The number of carbonyl (C=O) groups excluding carboxylic acids is 2. The molecule has 4 aromatic rings. The minimum atomic E-state index is -0.290. The molecule has 0 saturated carbocycles. The molecule has 2 heterocycles. The van der Waals surface area contributed by atoms with Crippen LogP contribution in [0.2, 0.25) is 0 Å². The van der Waals surface area contributed by atoms with Crippen molar-refractivity contribution < 1.29 is 14.3 Å². The minimum absolute atomic E-state index is 0.243. The van der Waals surface area contributed by atoms with E-state index in [0.29, 0.717) is 17.2 Å². The van der Waals surface area contributed by atoms with Gasteiger partial charge in [0, 0.05) is 52.6 Å². The lowest BCUT2D eigenvalue weighted by Gasteiger charge is -2.08. The van der Waals surface area contributed by atoms with Gasteiger partial charge in [-0.2, -0.15) is 0 Å². The number of halogens is 1. The minimum Gasteiger partial charge on any atom is -0.457 e. The largest absolute Gasteiger partial charge is 0.457 e. The number of anilines is 1. The van der Waals surface area contributed by atoms with Gasteiger partial charge in [-0.25, -0.2) is 0 Å². The number of ether oxygens (including phenoxy) is 1. The van der Waals surface area contributed by atoms with Crippen LogP contribution in [0, 0.1) is 0 Å². The number of nitrogens with one attached hydrogen (secondary N) is 3. The summed E-state index contributed by atoms with van der Waals surface area (Å²) in [5.74, 6) is 0.523. The molecule has 160 valence electrons. The number of aromatic amines is 1. The monoisotopic (exact) mass is 490 g/mol. The first-order chi connectivity index (χ1) is 15.5. The molecule has 4 rings (SSSR count). The maximum Gasteiger partial charge on any atom is 0.269 e. The zero-order valence-electron chi connectivity index (χ0n) is 17.1. The molecule has 32 heavy (non-hydrogen) atoms. The maximum absolute atomic E-state index is 12.3. The van der Waals surface area contributed by atoms with E-state index < -0.39 is 0 Å². The number of benzene rings is 2. The summed E-state index contributed by atoms with van der Waals surface area (Å²) in [6.07, 6.45) is 6.63. The van der Waals surface area contributed by atoms with Crippen molar-refractivity contribution in [2.45, 2.75) is 0 Å². The standard InChI is InChI=1S/C24H19BrN4O3/c1-26-24(31)22-13-19(10-11-27-22)32-18-6-4-17(5-7-18)29-23(30)9-2-15-14-28-21-8-3-16(25)12-20(15)21/h2-14,28H,1H3,(H,26,31)(H,29,30). The van der Waals surface area contributed by atoms with Gasteiger partial charge in [0.2, 0.25) is 5.91 Å². The van der Waals surface area contributed by atoms with Crippen LogP contribution in [-0.2, 0) is 4.79 Å². The molecular formula is C24H19BrN4O3. The number of aromatic nitrogens is 2. The third-order valence-electron chi connectivity index (χ3n) is 4.64. The normalized spacial score (nSPS) is 10.9. The summed E-state index contributed by atoms with van der Waals surface area (Å²) in [5.41, 5.74) is 2.83. The average Bonchev–Trinajstić information content (AvgIpc) is 3.20. The number of fused-ring (bicyclic) bond motifs is 1. The highest BCUT2D eigenvalue weighted by Gasteiger charge is 2.07. The molecule has 0 aliphatic rings. The lowest BCUT2D eigenvalue weighted by atomic mass is 10.1. The van der Waals surface area contributed by atoms with Crippen molar-refractivity contribution in [3.8, 4) is 11.5 Å². The second-order valence-electron chi connectivity index (χ2n) is 6.84. The third-order valence-corrected chi connectivity index (χ3v) is 5.13. The van der Waals surface area contributed by atoms with Gasteiger partial charge in [-0.3, -0.25) is 14.6 Å². The summed E-state index contributed by atoms with van der Waals surface area (Å²) in [7, 11) is 1.54. The summed E-state index contributed by atoms with van der Waals surface area (Å²) < 4.78 is 6.74. The van der Waals surface area contributed by atoms with Crippen LogP contribution in [0.5, 0.6) is 11.5 Å². The Morgan fingerprint density at radius 2 is 1.88 bits per heavy atom. The van der Waals surface area contributed by atoms with Gasteiger partial charge in [-0.15, -0.1) is 0 Å². The highest BCUT2D eigenvalue weighted by Crippen LogP contribution is 2.25. The molecule has 0 bridgehead atoms. The number of hydrogen-bond acceptors (Lipinski definition) is 4. The highest BCUT2D eigenvalue weighted by molar-refractivity contribution is 9.10. The van der Waals surface area contributed by atoms with Crippen molar-refractivity contribution in [1.82, 2.24) is 15.3 Å². The van der Waals surface area contributed by atoms with Crippen LogP contribution in [0.3, 0.4) is 0 Å². The number of rotatable bonds is 6. The summed E-state index contributed by atoms with van der Waals surface area (Å²) in [6.45, 7) is 0. The van der Waals surface area contributed by atoms with Crippen molar-refractivity contribution in [2.75, 3.05) is 12.4 Å². The smallest absolute Gasteiger partial charge is 0.269 e. The fourth-order valence-corrected chi connectivity index (χ4v) is 3.43. The first-order valence-electron chi connectivity index (χ1n) is 9.73. The van der Waals surface area contributed by atoms with E-state index in [1.807, 2.05) is 24.4 Å². The number of pyridine rings is 1. The first kappa shape index (κ1) is 21.3. The van der Waals surface area contributed by atoms with Gasteiger partial charge in [-0.1, -0.05) is 15.9 Å². The van der Waals surface area contributed by atoms with E-state index >= 15 is 0 Å². The van der Waals surface area contributed by atoms with E-state index in [-0.39, 0.29) is 17.5 Å². The molecule has 2 aromatic heterocycles. The van der Waals surface area contributed by atoms with Crippen LogP contribution in [0.1, 0.15) is 16.1 Å². The molecule has 0 spiro atoms. The molecule has 0 radical (unpaired) electrons. The van der Waals surface area contributed by atoms with E-state index in [2.05, 4.69) is 36.5 Å². The summed E-state index contributed by atoms with van der Waals surface area (Å²) >= 11 is 3.47. The summed E-state index contributed by atoms with van der Waals surface area (Å²) in [5, 5.41) is 6.37. The first-order valence-corrected chi connectivity index (χ1v) is 10.5. The van der Waals surface area contributed by atoms with Crippen LogP contribution < -0.4 is 15.4 Å². The van der Waals surface area contributed by atoms with Gasteiger partial charge >= 0.3 is 0 Å². The average molecular weight is 491 g/mol. The summed E-state index contributed by atoms with van der Waals surface area (Å²) in [4.78, 5) is 31.2. The lowest BCUT2D eigenvalue weighted by molar-refractivity contribution is -0.111. The second-order valence-corrected chi connectivity index (χ2v) is 7.75. The van der Waals surface area contributed by atoms with Gasteiger partial charge in [0.1, 0.15) is 17.2 Å². The number of carbonyl (C=O) groups is 2. The Morgan fingerprint density at radius 1 is 1.06 bits per heavy atom. The molecular weight excluding hydrogens is 472 g/mol. The zero-order valence-corrected chi connectivity index (χ0v) is 18.6. The number of H-pyrrole nitrogens is 1. The number of nitrogens with zero attached hydrogens (tertiary/aromatic N) is 1. The highest BCUT2D eigenvalue weighted by atomic mass is 79.9. The van der Waals surface area contributed by atoms with Gasteiger partial charge in [0.05, 0.1) is 0 Å². The Labute approximate surface area is 192 Å². The molecule has 0 atom stereocenters. The van der Waals surface area contributed by atoms with Gasteiger partial charge in [-0.05, 0) is 60.2 Å². The topological polar surface area (TPSA) is 96.1 Å². The maximum atomic E-state index is 12.3. The van der Waals surface area contributed by atoms with Crippen molar-refractivity contribution in [3.63, 3.8) is 0 Å². The predicted molar refractivity (Wildman–Crippen MR) is 128 cm³/mol. The van der Waals surface area contributed by atoms with Crippen molar-refractivity contribution in [3.05, 3.63) is 88.8 Å². The Hall–Kier alpha value is -3.91. The van der Waals surface area contributed by atoms with Gasteiger partial charge in [0.15, 0.2) is 0 Å². The molecule has 0 aliphatic heterocycles. The lowest BCUT2D eigenvalue weighted by Crippen LogP contribution is -2.18. The van der Waals surface area contributed by atoms with Gasteiger partial charge in [0.25, 0.3) is 5.91 Å². The van der Waals surface area contributed by atoms with E-state index in [4.69, 9.17) is 4.74 Å². The summed E-state index contributed by atoms with van der Waals surface area (Å²) in [6, 6.07) is 16.1. The van der Waals surface area contributed by atoms with Crippen LogP contribution >= 0.6 is 15.9 Å². The second kappa shape index (κ2) is 9.49. The van der Waals surface area contributed by atoms with E-state index in [9.17, 15) is 9.59 Å². The molecule has 0 fully saturated rings. The number of amides is 2. The molecule has 3 N–H and O–H groups in total. The third kappa shape index (κ3) is 5.04. The Balaban J connectivity index is 1.39. The van der Waals surface area contributed by atoms with Crippen molar-refractivity contribution in [2.24, 2.45) is 0 Å². The van der Waals surface area contributed by atoms with Crippen LogP contribution in [0.25, 0.3) is 17.0 Å². The SMILES string of the molecule is CNC(=O)c1cc(Oc2ccc(NC(=O)C=Cc3c[nH]c4ccc(Br)cc34)cc2)ccn1. The fourth-order valence-electron chi connectivity index (χ4n) is 3.07. The molecule has 0 saturated heterocycles. The van der Waals surface area contributed by atoms with Crippen LogP contribution in [-0.4, -0.2) is 28.8 Å². The van der Waals surface area contributed by atoms with E-state index in [1.165, 1.54) is 12.3 Å². The quantitative estimate of drug-likeness (QED) is 0.326. The zero-order chi connectivity index (χ0) is 22.5. The van der Waals surface area contributed by atoms with Gasteiger partial charge < -0.3 is 20.4 Å². The molecule has 2 amide bonds. The molecule has 2 aromatic carbocycles. The Morgan fingerprint density at radius 3 is 2.66 bits per heavy atom. The van der Waals surface area contributed by atoms with E-state index in [0.717, 1.165) is 20.9 Å². The molecule has 0 aliphatic carbocycles. The van der Waals surface area contributed by atoms with E-state index in [1.54, 1.807) is 49.5 Å². The fraction of sp³-hybridized carbons (Fsp3) is 0.0417. The van der Waals surface area contributed by atoms with Crippen LogP contribution in [0.4, 0.5) is 5.69 Å². The van der Waals surface area contributed by atoms with Crippen molar-refractivity contribution in [1.29, 1.82) is 0 Å². The van der Waals surface area contributed by atoms with Crippen molar-refractivity contribution >= 4 is 50.4 Å². The molecule has 0 unspecified atom stereocenters. The Bertz CT molecular complexity index is 1310. The van der Waals surface area contributed by atoms with Crippen LogP contribution in [0.15, 0.2) is 77.5 Å². The Kier molecular flexibility index (Phi) is 6.32.